The summed E-state index contributed by atoms with van der Waals surface area (Å²) in [6.45, 7) is 6.08. The second kappa shape index (κ2) is 9.09. The molecular weight excluding hydrogens is 368 g/mol. The SMILES string of the molecule is CC/C(=N/N=C(/C)c1ccccc1)OCc1c(C)cccc1-n1nnn(C)c1=O. The number of ether oxygens (including phenoxy) is 1. The van der Waals surface area contributed by atoms with E-state index in [1.807, 2.05) is 69.3 Å². The predicted molar refractivity (Wildman–Crippen MR) is 113 cm³/mol. The van der Waals surface area contributed by atoms with Gasteiger partial charge in [-0.3, -0.25) is 0 Å². The van der Waals surface area contributed by atoms with Gasteiger partial charge in [0.25, 0.3) is 0 Å². The topological polar surface area (TPSA) is 86.7 Å². The van der Waals surface area contributed by atoms with Crippen LogP contribution in [-0.4, -0.2) is 31.4 Å². The van der Waals surface area contributed by atoms with E-state index in [4.69, 9.17) is 4.74 Å². The summed E-state index contributed by atoms with van der Waals surface area (Å²) in [4.78, 5) is 12.3. The van der Waals surface area contributed by atoms with E-state index in [2.05, 4.69) is 20.6 Å². The first-order chi connectivity index (χ1) is 14.0. The van der Waals surface area contributed by atoms with Crippen molar-refractivity contribution in [3.63, 3.8) is 0 Å². The molecule has 0 N–H and O–H groups in total. The molecule has 150 valence electrons. The van der Waals surface area contributed by atoms with Crippen LogP contribution < -0.4 is 5.69 Å². The van der Waals surface area contributed by atoms with Gasteiger partial charge < -0.3 is 4.74 Å². The summed E-state index contributed by atoms with van der Waals surface area (Å²) >= 11 is 0. The molecule has 3 rings (SSSR count). The van der Waals surface area contributed by atoms with Gasteiger partial charge in [-0.2, -0.15) is 14.5 Å². The Morgan fingerprint density at radius 2 is 1.83 bits per heavy atom. The summed E-state index contributed by atoms with van der Waals surface area (Å²) in [7, 11) is 1.56. The Bertz CT molecular complexity index is 1100. The molecule has 0 radical (unpaired) electrons. The highest BCUT2D eigenvalue weighted by molar-refractivity contribution is 5.98. The van der Waals surface area contributed by atoms with Crippen molar-refractivity contribution < 1.29 is 4.74 Å². The first kappa shape index (κ1) is 20.2. The third-order valence-corrected chi connectivity index (χ3v) is 4.52. The number of aryl methyl sites for hydroxylation is 2. The van der Waals surface area contributed by atoms with E-state index in [9.17, 15) is 4.79 Å². The maximum atomic E-state index is 12.3. The van der Waals surface area contributed by atoms with Crippen LogP contribution in [0, 0.1) is 6.92 Å². The minimum absolute atomic E-state index is 0.248. The van der Waals surface area contributed by atoms with Crippen LogP contribution in [0.2, 0.25) is 0 Å². The molecule has 0 atom stereocenters. The molecule has 0 spiro atoms. The van der Waals surface area contributed by atoms with E-state index in [1.54, 1.807) is 7.05 Å². The van der Waals surface area contributed by atoms with Crippen molar-refractivity contribution in [3.8, 4) is 5.69 Å². The summed E-state index contributed by atoms with van der Waals surface area (Å²) in [5, 5.41) is 16.3. The Morgan fingerprint density at radius 1 is 1.07 bits per heavy atom. The van der Waals surface area contributed by atoms with Crippen LogP contribution in [0.3, 0.4) is 0 Å². The summed E-state index contributed by atoms with van der Waals surface area (Å²) in [5.74, 6) is 0.515. The summed E-state index contributed by atoms with van der Waals surface area (Å²) in [6.07, 6.45) is 0.595. The van der Waals surface area contributed by atoms with Gasteiger partial charge in [-0.1, -0.05) is 49.4 Å². The summed E-state index contributed by atoms with van der Waals surface area (Å²) < 4.78 is 8.38. The van der Waals surface area contributed by atoms with Gasteiger partial charge in [0.2, 0.25) is 5.90 Å². The molecule has 1 heterocycles. The second-order valence-electron chi connectivity index (χ2n) is 6.56. The van der Waals surface area contributed by atoms with Crippen LogP contribution in [0.4, 0.5) is 0 Å². The number of benzene rings is 2. The number of tetrazole rings is 1. The minimum atomic E-state index is -0.315. The van der Waals surface area contributed by atoms with Gasteiger partial charge in [0.1, 0.15) is 6.61 Å². The van der Waals surface area contributed by atoms with Crippen molar-refractivity contribution in [3.05, 3.63) is 75.7 Å². The van der Waals surface area contributed by atoms with Gasteiger partial charge >= 0.3 is 5.69 Å². The van der Waals surface area contributed by atoms with E-state index in [1.165, 1.54) is 9.36 Å². The fraction of sp³-hybridized carbons (Fsp3) is 0.286. The molecule has 0 aliphatic heterocycles. The maximum absolute atomic E-state index is 12.3. The standard InChI is InChI=1S/C21H24N6O2/c1-5-20(23-22-16(3)17-11-7-6-8-12-17)29-14-18-15(2)10-9-13-19(18)27-21(28)26(4)24-25-27/h6-13H,5,14H2,1-4H3/b22-16-,23-20-. The fourth-order valence-electron chi connectivity index (χ4n) is 2.76. The Balaban J connectivity index is 1.83. The normalized spacial score (nSPS) is 12.3. The lowest BCUT2D eigenvalue weighted by atomic mass is 10.1. The van der Waals surface area contributed by atoms with Crippen LogP contribution in [-0.2, 0) is 18.4 Å². The number of rotatable bonds is 6. The maximum Gasteiger partial charge on any atom is 0.368 e. The lowest BCUT2D eigenvalue weighted by molar-refractivity contribution is 0.282. The van der Waals surface area contributed by atoms with E-state index < -0.39 is 0 Å². The van der Waals surface area contributed by atoms with Crippen molar-refractivity contribution in [2.75, 3.05) is 0 Å². The quantitative estimate of drug-likeness (QED) is 0.367. The third-order valence-electron chi connectivity index (χ3n) is 4.52. The van der Waals surface area contributed by atoms with E-state index in [0.29, 0.717) is 18.0 Å². The zero-order valence-corrected chi connectivity index (χ0v) is 17.0. The molecule has 29 heavy (non-hydrogen) atoms. The molecule has 0 amide bonds. The smallest absolute Gasteiger partial charge is 0.368 e. The highest BCUT2D eigenvalue weighted by atomic mass is 16.5. The second-order valence-corrected chi connectivity index (χ2v) is 6.56. The molecular formula is C21H24N6O2. The molecule has 0 saturated carbocycles. The Kier molecular flexibility index (Phi) is 6.33. The Hall–Kier alpha value is -3.55. The van der Waals surface area contributed by atoms with Crippen molar-refractivity contribution in [2.45, 2.75) is 33.8 Å². The predicted octanol–water partition coefficient (Wildman–Crippen LogP) is 3.02. The van der Waals surface area contributed by atoms with Crippen molar-refractivity contribution in [2.24, 2.45) is 17.3 Å². The summed E-state index contributed by atoms with van der Waals surface area (Å²) in [5.41, 5.74) is 3.98. The van der Waals surface area contributed by atoms with Crippen molar-refractivity contribution >= 4 is 11.6 Å². The number of aromatic nitrogens is 4. The van der Waals surface area contributed by atoms with Gasteiger partial charge in [-0.25, -0.2) is 4.79 Å². The van der Waals surface area contributed by atoms with Gasteiger partial charge in [-0.05, 0) is 41.5 Å². The van der Waals surface area contributed by atoms with Gasteiger partial charge in [0, 0.05) is 19.0 Å². The van der Waals surface area contributed by atoms with E-state index in [0.717, 1.165) is 22.4 Å². The van der Waals surface area contributed by atoms with Crippen molar-refractivity contribution in [1.82, 2.24) is 19.8 Å². The van der Waals surface area contributed by atoms with Gasteiger partial charge in [0.05, 0.1) is 11.4 Å². The highest BCUT2D eigenvalue weighted by Gasteiger charge is 2.14. The zero-order valence-electron chi connectivity index (χ0n) is 17.0. The largest absolute Gasteiger partial charge is 0.475 e. The minimum Gasteiger partial charge on any atom is -0.475 e. The third kappa shape index (κ3) is 4.66. The molecule has 8 heteroatoms. The van der Waals surface area contributed by atoms with Gasteiger partial charge in [0.15, 0.2) is 0 Å². The molecule has 0 fully saturated rings. The molecule has 8 nitrogen and oxygen atoms in total. The molecule has 2 aromatic carbocycles. The molecule has 3 aromatic rings. The number of hydrogen-bond donors (Lipinski definition) is 0. The average Bonchev–Trinajstić information content (AvgIpc) is 3.07. The van der Waals surface area contributed by atoms with Crippen LogP contribution in [0.15, 0.2) is 63.5 Å². The first-order valence-corrected chi connectivity index (χ1v) is 9.38. The first-order valence-electron chi connectivity index (χ1n) is 9.38. The molecule has 0 aliphatic carbocycles. The fourth-order valence-corrected chi connectivity index (χ4v) is 2.76. The van der Waals surface area contributed by atoms with Gasteiger partial charge in [-0.15, -0.1) is 5.10 Å². The summed E-state index contributed by atoms with van der Waals surface area (Å²) in [6, 6.07) is 15.5. The average molecular weight is 392 g/mol. The number of hydrogen-bond acceptors (Lipinski definition) is 6. The van der Waals surface area contributed by atoms with Crippen LogP contribution in [0.1, 0.15) is 37.0 Å². The Labute approximate surface area is 169 Å². The molecule has 0 aliphatic rings. The van der Waals surface area contributed by atoms with Crippen LogP contribution in [0.5, 0.6) is 0 Å². The lowest BCUT2D eigenvalue weighted by Crippen LogP contribution is -2.23. The van der Waals surface area contributed by atoms with E-state index in [-0.39, 0.29) is 12.3 Å². The van der Waals surface area contributed by atoms with Crippen LogP contribution >= 0.6 is 0 Å². The monoisotopic (exact) mass is 392 g/mol. The van der Waals surface area contributed by atoms with Crippen molar-refractivity contribution in [1.29, 1.82) is 0 Å². The number of nitrogens with zero attached hydrogens (tertiary/aromatic N) is 6. The highest BCUT2D eigenvalue weighted by Crippen LogP contribution is 2.18. The lowest BCUT2D eigenvalue weighted by Gasteiger charge is -2.13. The zero-order chi connectivity index (χ0) is 20.8. The molecule has 0 saturated heterocycles. The Morgan fingerprint density at radius 3 is 2.48 bits per heavy atom. The molecule has 0 bridgehead atoms. The molecule has 0 unspecified atom stereocenters. The van der Waals surface area contributed by atoms with Crippen LogP contribution in [0.25, 0.3) is 5.69 Å². The van der Waals surface area contributed by atoms with E-state index >= 15 is 0 Å². The molecule has 1 aromatic heterocycles.